The number of ether oxygens (including phenoxy) is 1. The number of carbonyl (C=O) groups excluding carboxylic acids is 1. The summed E-state index contributed by atoms with van der Waals surface area (Å²) in [6, 6.07) is 11.2. The molecule has 0 saturated carbocycles. The molecule has 0 aliphatic carbocycles. The Morgan fingerprint density at radius 2 is 2.00 bits per heavy atom. The highest BCUT2D eigenvalue weighted by Crippen LogP contribution is 2.28. The largest absolute Gasteiger partial charge is 0.507 e. The molecule has 82 valence electrons. The summed E-state index contributed by atoms with van der Waals surface area (Å²) in [7, 11) is 0. The van der Waals surface area contributed by atoms with E-state index in [1.165, 1.54) is 6.92 Å². The van der Waals surface area contributed by atoms with E-state index in [0.717, 1.165) is 10.8 Å². The number of hydrogen-bond donors (Lipinski definition) is 1. The summed E-state index contributed by atoms with van der Waals surface area (Å²) < 4.78 is 4.86. The minimum absolute atomic E-state index is 0.103. The molecule has 3 heteroatoms. The van der Waals surface area contributed by atoms with Crippen LogP contribution >= 0.6 is 0 Å². The lowest BCUT2D eigenvalue weighted by Crippen LogP contribution is -1.99. The Bertz CT molecular complexity index is 532. The Kier molecular flexibility index (Phi) is 2.77. The van der Waals surface area contributed by atoms with Gasteiger partial charge in [-0.3, -0.25) is 4.79 Å². The van der Waals surface area contributed by atoms with Crippen molar-refractivity contribution >= 4 is 16.7 Å². The summed E-state index contributed by atoms with van der Waals surface area (Å²) in [6.45, 7) is 1.45. The molecule has 0 unspecified atom stereocenters. The SMILES string of the molecule is CC(=O)OCc1ccc2ccccc2c1O. The zero-order valence-electron chi connectivity index (χ0n) is 8.93. The van der Waals surface area contributed by atoms with Gasteiger partial charge in [0.05, 0.1) is 0 Å². The van der Waals surface area contributed by atoms with Crippen LogP contribution < -0.4 is 0 Å². The molecular formula is C13H12O3. The van der Waals surface area contributed by atoms with Crippen molar-refractivity contribution in [3.8, 4) is 5.75 Å². The Labute approximate surface area is 93.3 Å². The van der Waals surface area contributed by atoms with Gasteiger partial charge in [0.15, 0.2) is 0 Å². The molecular weight excluding hydrogens is 204 g/mol. The maximum atomic E-state index is 10.7. The molecule has 0 aliphatic rings. The highest BCUT2D eigenvalue weighted by molar-refractivity contribution is 5.89. The Morgan fingerprint density at radius 1 is 1.25 bits per heavy atom. The molecule has 0 amide bonds. The van der Waals surface area contributed by atoms with E-state index < -0.39 is 0 Å². The Hall–Kier alpha value is -2.03. The molecule has 2 aromatic rings. The van der Waals surface area contributed by atoms with E-state index in [-0.39, 0.29) is 18.3 Å². The number of carbonyl (C=O) groups is 1. The van der Waals surface area contributed by atoms with Gasteiger partial charge < -0.3 is 9.84 Å². The number of hydrogen-bond acceptors (Lipinski definition) is 3. The number of aromatic hydroxyl groups is 1. The maximum absolute atomic E-state index is 10.7. The van der Waals surface area contributed by atoms with E-state index in [0.29, 0.717) is 5.56 Å². The third-order valence-electron chi connectivity index (χ3n) is 2.42. The van der Waals surface area contributed by atoms with E-state index >= 15 is 0 Å². The van der Waals surface area contributed by atoms with Gasteiger partial charge in [-0.05, 0) is 5.39 Å². The van der Waals surface area contributed by atoms with Crippen LogP contribution in [0.5, 0.6) is 5.75 Å². The van der Waals surface area contributed by atoms with E-state index in [2.05, 4.69) is 0 Å². The van der Waals surface area contributed by atoms with Gasteiger partial charge in [-0.1, -0.05) is 36.4 Å². The average molecular weight is 216 g/mol. The van der Waals surface area contributed by atoms with Crippen LogP contribution in [0, 0.1) is 0 Å². The number of esters is 1. The highest BCUT2D eigenvalue weighted by Gasteiger charge is 2.06. The third-order valence-corrected chi connectivity index (χ3v) is 2.42. The number of rotatable bonds is 2. The zero-order chi connectivity index (χ0) is 11.5. The summed E-state index contributed by atoms with van der Waals surface area (Å²) in [5, 5.41) is 11.7. The van der Waals surface area contributed by atoms with Crippen LogP contribution in [0.2, 0.25) is 0 Å². The molecule has 0 saturated heterocycles. The molecule has 0 heterocycles. The van der Waals surface area contributed by atoms with E-state index in [9.17, 15) is 9.90 Å². The Morgan fingerprint density at radius 3 is 2.75 bits per heavy atom. The normalized spacial score (nSPS) is 10.3. The fraction of sp³-hybridized carbons (Fsp3) is 0.154. The lowest BCUT2D eigenvalue weighted by molar-refractivity contribution is -0.142. The molecule has 0 atom stereocenters. The number of phenols is 1. The van der Waals surface area contributed by atoms with Crippen LogP contribution in [-0.4, -0.2) is 11.1 Å². The molecule has 0 aromatic heterocycles. The van der Waals surface area contributed by atoms with Crippen LogP contribution in [0.1, 0.15) is 12.5 Å². The smallest absolute Gasteiger partial charge is 0.302 e. The average Bonchev–Trinajstić information content (AvgIpc) is 2.28. The van der Waals surface area contributed by atoms with Gasteiger partial charge in [0.2, 0.25) is 0 Å². The molecule has 3 nitrogen and oxygen atoms in total. The van der Waals surface area contributed by atoms with Crippen LogP contribution in [0.3, 0.4) is 0 Å². The summed E-state index contributed by atoms with van der Waals surface area (Å²) in [5.74, 6) is -0.174. The summed E-state index contributed by atoms with van der Waals surface area (Å²) in [6.07, 6.45) is 0. The summed E-state index contributed by atoms with van der Waals surface area (Å²) >= 11 is 0. The predicted molar refractivity (Wildman–Crippen MR) is 61.1 cm³/mol. The molecule has 2 aromatic carbocycles. The quantitative estimate of drug-likeness (QED) is 0.785. The van der Waals surface area contributed by atoms with Gasteiger partial charge in [-0.2, -0.15) is 0 Å². The van der Waals surface area contributed by atoms with Crippen molar-refractivity contribution in [2.45, 2.75) is 13.5 Å². The third kappa shape index (κ3) is 1.98. The first kappa shape index (κ1) is 10.5. The van der Waals surface area contributed by atoms with Crippen LogP contribution in [0.15, 0.2) is 36.4 Å². The monoisotopic (exact) mass is 216 g/mol. The molecule has 16 heavy (non-hydrogen) atoms. The predicted octanol–water partition coefficient (Wildman–Crippen LogP) is 2.61. The number of phenolic OH excluding ortho intramolecular Hbond substituents is 1. The standard InChI is InChI=1S/C13H12O3/c1-9(14)16-8-11-7-6-10-4-2-3-5-12(10)13(11)15/h2-7,15H,8H2,1H3. The minimum Gasteiger partial charge on any atom is -0.507 e. The Balaban J connectivity index is 2.40. The second-order valence-corrected chi connectivity index (χ2v) is 3.57. The lowest BCUT2D eigenvalue weighted by atomic mass is 10.1. The first-order valence-corrected chi connectivity index (χ1v) is 5.01. The zero-order valence-corrected chi connectivity index (χ0v) is 8.93. The van der Waals surface area contributed by atoms with Crippen LogP contribution in [0.4, 0.5) is 0 Å². The molecule has 0 bridgehead atoms. The van der Waals surface area contributed by atoms with Gasteiger partial charge in [0, 0.05) is 17.9 Å². The first-order chi connectivity index (χ1) is 7.68. The van der Waals surface area contributed by atoms with Crippen molar-refractivity contribution in [3.63, 3.8) is 0 Å². The van der Waals surface area contributed by atoms with Gasteiger partial charge in [-0.25, -0.2) is 0 Å². The van der Waals surface area contributed by atoms with Gasteiger partial charge in [-0.15, -0.1) is 0 Å². The second kappa shape index (κ2) is 4.23. The maximum Gasteiger partial charge on any atom is 0.302 e. The van der Waals surface area contributed by atoms with Gasteiger partial charge in [0.1, 0.15) is 12.4 Å². The highest BCUT2D eigenvalue weighted by atomic mass is 16.5. The fourth-order valence-electron chi connectivity index (χ4n) is 1.60. The van der Waals surface area contributed by atoms with Crippen LogP contribution in [-0.2, 0) is 16.1 Å². The van der Waals surface area contributed by atoms with Crippen molar-refractivity contribution in [2.24, 2.45) is 0 Å². The van der Waals surface area contributed by atoms with Crippen molar-refractivity contribution in [1.82, 2.24) is 0 Å². The first-order valence-electron chi connectivity index (χ1n) is 5.01. The fourth-order valence-corrected chi connectivity index (χ4v) is 1.60. The van der Waals surface area contributed by atoms with E-state index in [4.69, 9.17) is 4.74 Å². The molecule has 0 radical (unpaired) electrons. The number of fused-ring (bicyclic) bond motifs is 1. The second-order valence-electron chi connectivity index (χ2n) is 3.57. The van der Waals surface area contributed by atoms with Crippen molar-refractivity contribution in [3.05, 3.63) is 42.0 Å². The lowest BCUT2D eigenvalue weighted by Gasteiger charge is -2.07. The van der Waals surface area contributed by atoms with Crippen LogP contribution in [0.25, 0.3) is 10.8 Å². The summed E-state index contributed by atoms with van der Waals surface area (Å²) in [4.78, 5) is 10.7. The van der Waals surface area contributed by atoms with Gasteiger partial charge >= 0.3 is 5.97 Å². The number of benzene rings is 2. The molecule has 0 aliphatic heterocycles. The molecule has 2 rings (SSSR count). The minimum atomic E-state index is -0.354. The molecule has 0 fully saturated rings. The summed E-state index contributed by atoms with van der Waals surface area (Å²) in [5.41, 5.74) is 0.619. The molecule has 1 N–H and O–H groups in total. The van der Waals surface area contributed by atoms with Crippen molar-refractivity contribution in [1.29, 1.82) is 0 Å². The van der Waals surface area contributed by atoms with E-state index in [1.807, 2.05) is 30.3 Å². The van der Waals surface area contributed by atoms with Crippen molar-refractivity contribution in [2.75, 3.05) is 0 Å². The van der Waals surface area contributed by atoms with E-state index in [1.54, 1.807) is 6.07 Å². The topological polar surface area (TPSA) is 46.5 Å². The van der Waals surface area contributed by atoms with Crippen molar-refractivity contribution < 1.29 is 14.6 Å². The molecule has 0 spiro atoms. The van der Waals surface area contributed by atoms with Gasteiger partial charge in [0.25, 0.3) is 0 Å².